The fraction of sp³-hybridized carbons (Fsp3) is 0.320. The number of anilines is 1. The number of benzene rings is 2. The molecular formula is C25H25N5O3S. The highest BCUT2D eigenvalue weighted by Crippen LogP contribution is 2.28. The van der Waals surface area contributed by atoms with Gasteiger partial charge >= 0.3 is 0 Å². The predicted octanol–water partition coefficient (Wildman–Crippen LogP) is 2.85. The van der Waals surface area contributed by atoms with E-state index in [2.05, 4.69) is 4.90 Å². The maximum Gasteiger partial charge on any atom is 0.257 e. The summed E-state index contributed by atoms with van der Waals surface area (Å²) in [5.41, 5.74) is 1.84. The molecule has 9 heteroatoms. The molecular weight excluding hydrogens is 450 g/mol. The molecule has 5 rings (SSSR count). The Morgan fingerprint density at radius 1 is 0.912 bits per heavy atom. The van der Waals surface area contributed by atoms with Crippen LogP contribution in [0.2, 0.25) is 0 Å². The number of amides is 1. The van der Waals surface area contributed by atoms with Crippen LogP contribution in [0.15, 0.2) is 59.5 Å². The molecule has 0 spiro atoms. The van der Waals surface area contributed by atoms with E-state index in [1.807, 2.05) is 36.4 Å². The summed E-state index contributed by atoms with van der Waals surface area (Å²) < 4.78 is 27.5. The van der Waals surface area contributed by atoms with Gasteiger partial charge in [0.2, 0.25) is 10.0 Å². The Hall–Kier alpha value is -3.48. The minimum absolute atomic E-state index is 0.115. The standard InChI is InChI=1S/C25H25N5O3S/c26-18-19-7-9-21(10-8-19)34(32,33)30-15-13-29(14-16-30)25(31)22-17-20-5-1-2-6-23(20)27-24(22)28-11-3-4-12-28/h1-2,5-10,17H,3-4,11-16H2. The molecule has 0 aliphatic carbocycles. The fourth-order valence-corrected chi connectivity index (χ4v) is 6.01. The van der Waals surface area contributed by atoms with Gasteiger partial charge in [0, 0.05) is 44.7 Å². The van der Waals surface area contributed by atoms with Crippen LogP contribution in [0, 0.1) is 11.3 Å². The van der Waals surface area contributed by atoms with Crippen molar-refractivity contribution >= 4 is 32.7 Å². The molecule has 3 heterocycles. The monoisotopic (exact) mass is 475 g/mol. The summed E-state index contributed by atoms with van der Waals surface area (Å²) in [5, 5.41) is 9.86. The SMILES string of the molecule is N#Cc1ccc(S(=O)(=O)N2CCN(C(=O)c3cc4ccccc4nc3N3CCCC3)CC2)cc1. The molecule has 2 saturated heterocycles. The van der Waals surface area contributed by atoms with Crippen molar-refractivity contribution in [3.8, 4) is 6.07 Å². The van der Waals surface area contributed by atoms with Gasteiger partial charge in [-0.3, -0.25) is 4.79 Å². The summed E-state index contributed by atoms with van der Waals surface area (Å²) >= 11 is 0. The summed E-state index contributed by atoms with van der Waals surface area (Å²) in [5.74, 6) is 0.601. The first kappa shape index (κ1) is 22.3. The molecule has 2 aliphatic heterocycles. The third-order valence-corrected chi connectivity index (χ3v) is 8.40. The lowest BCUT2D eigenvalue weighted by atomic mass is 10.1. The van der Waals surface area contributed by atoms with Crippen LogP contribution in [0.5, 0.6) is 0 Å². The lowest BCUT2D eigenvalue weighted by Crippen LogP contribution is -2.50. The Labute approximate surface area is 199 Å². The lowest BCUT2D eigenvalue weighted by Gasteiger charge is -2.34. The number of fused-ring (bicyclic) bond motifs is 1. The predicted molar refractivity (Wildman–Crippen MR) is 129 cm³/mol. The molecule has 0 radical (unpaired) electrons. The van der Waals surface area contributed by atoms with E-state index in [1.165, 1.54) is 28.6 Å². The van der Waals surface area contributed by atoms with E-state index in [4.69, 9.17) is 10.2 Å². The molecule has 174 valence electrons. The van der Waals surface area contributed by atoms with Gasteiger partial charge in [-0.25, -0.2) is 13.4 Å². The topological polar surface area (TPSA) is 97.6 Å². The zero-order valence-corrected chi connectivity index (χ0v) is 19.5. The number of pyridine rings is 1. The summed E-state index contributed by atoms with van der Waals surface area (Å²) in [4.78, 5) is 22.5. The van der Waals surface area contributed by atoms with Crippen molar-refractivity contribution < 1.29 is 13.2 Å². The molecule has 2 aromatic carbocycles. The second kappa shape index (κ2) is 9.05. The van der Waals surface area contributed by atoms with Crippen LogP contribution < -0.4 is 4.90 Å². The van der Waals surface area contributed by atoms with Gasteiger partial charge < -0.3 is 9.80 Å². The van der Waals surface area contributed by atoms with Crippen molar-refractivity contribution in [1.29, 1.82) is 5.26 Å². The Balaban J connectivity index is 1.36. The van der Waals surface area contributed by atoms with Crippen LogP contribution in [0.4, 0.5) is 5.82 Å². The Morgan fingerprint density at radius 3 is 2.26 bits per heavy atom. The quantitative estimate of drug-likeness (QED) is 0.576. The molecule has 2 fully saturated rings. The number of carbonyl (C=O) groups is 1. The van der Waals surface area contributed by atoms with Crippen molar-refractivity contribution in [3.63, 3.8) is 0 Å². The van der Waals surface area contributed by atoms with Gasteiger partial charge in [0.25, 0.3) is 5.91 Å². The van der Waals surface area contributed by atoms with Crippen molar-refractivity contribution in [2.75, 3.05) is 44.2 Å². The summed E-state index contributed by atoms with van der Waals surface area (Å²) in [6, 6.07) is 17.6. The maximum absolute atomic E-state index is 13.6. The van der Waals surface area contributed by atoms with Gasteiger partial charge in [-0.05, 0) is 49.2 Å². The summed E-state index contributed by atoms with van der Waals surface area (Å²) in [7, 11) is -3.69. The third-order valence-electron chi connectivity index (χ3n) is 6.49. The first-order chi connectivity index (χ1) is 16.5. The molecule has 8 nitrogen and oxygen atoms in total. The number of aromatic nitrogens is 1. The van der Waals surface area contributed by atoms with Crippen LogP contribution >= 0.6 is 0 Å². The maximum atomic E-state index is 13.6. The van der Waals surface area contributed by atoms with Crippen molar-refractivity contribution in [2.24, 2.45) is 0 Å². The van der Waals surface area contributed by atoms with Crippen molar-refractivity contribution in [3.05, 3.63) is 65.7 Å². The number of hydrogen-bond acceptors (Lipinski definition) is 6. The van der Waals surface area contributed by atoms with Crippen LogP contribution in [-0.2, 0) is 10.0 Å². The van der Waals surface area contributed by atoms with Crippen molar-refractivity contribution in [1.82, 2.24) is 14.2 Å². The third kappa shape index (κ3) is 4.11. The van der Waals surface area contributed by atoms with E-state index in [0.717, 1.165) is 36.8 Å². The molecule has 1 amide bonds. The number of piperazine rings is 1. The minimum atomic E-state index is -3.69. The van der Waals surface area contributed by atoms with Crippen LogP contribution in [0.25, 0.3) is 10.9 Å². The van der Waals surface area contributed by atoms with E-state index < -0.39 is 10.0 Å². The molecule has 0 atom stereocenters. The fourth-order valence-electron chi connectivity index (χ4n) is 4.59. The highest BCUT2D eigenvalue weighted by molar-refractivity contribution is 7.89. The second-order valence-electron chi connectivity index (χ2n) is 8.58. The number of rotatable bonds is 4. The molecule has 2 aliphatic rings. The van der Waals surface area contributed by atoms with Gasteiger partial charge in [0.1, 0.15) is 5.82 Å². The number of hydrogen-bond donors (Lipinski definition) is 0. The Bertz CT molecular complexity index is 1370. The molecule has 1 aromatic heterocycles. The molecule has 34 heavy (non-hydrogen) atoms. The van der Waals surface area contributed by atoms with Gasteiger partial charge in [-0.1, -0.05) is 18.2 Å². The Morgan fingerprint density at radius 2 is 1.59 bits per heavy atom. The van der Waals surface area contributed by atoms with E-state index in [9.17, 15) is 13.2 Å². The van der Waals surface area contributed by atoms with Crippen LogP contribution in [-0.4, -0.2) is 67.8 Å². The minimum Gasteiger partial charge on any atom is -0.356 e. The van der Waals surface area contributed by atoms with Gasteiger partial charge in [-0.2, -0.15) is 9.57 Å². The highest BCUT2D eigenvalue weighted by atomic mass is 32.2. The van der Waals surface area contributed by atoms with Crippen LogP contribution in [0.3, 0.4) is 0 Å². The lowest BCUT2D eigenvalue weighted by molar-refractivity contribution is 0.0698. The van der Waals surface area contributed by atoms with Gasteiger partial charge in [0.05, 0.1) is 27.6 Å². The number of nitriles is 1. The zero-order chi connectivity index (χ0) is 23.7. The van der Waals surface area contributed by atoms with Crippen molar-refractivity contribution in [2.45, 2.75) is 17.7 Å². The number of nitrogens with zero attached hydrogens (tertiary/aromatic N) is 5. The normalized spacial score (nSPS) is 17.1. The van der Waals surface area contributed by atoms with Crippen LogP contribution in [0.1, 0.15) is 28.8 Å². The molecule has 0 N–H and O–H groups in total. The van der Waals surface area contributed by atoms with E-state index in [0.29, 0.717) is 30.0 Å². The smallest absolute Gasteiger partial charge is 0.257 e. The molecule has 0 unspecified atom stereocenters. The average Bonchev–Trinajstić information content (AvgIpc) is 3.42. The first-order valence-corrected chi connectivity index (χ1v) is 12.9. The largest absolute Gasteiger partial charge is 0.356 e. The second-order valence-corrected chi connectivity index (χ2v) is 10.5. The number of para-hydroxylation sites is 1. The van der Waals surface area contributed by atoms with Gasteiger partial charge in [0.15, 0.2) is 0 Å². The average molecular weight is 476 g/mol. The number of sulfonamides is 1. The summed E-state index contributed by atoms with van der Waals surface area (Å²) in [6.07, 6.45) is 2.15. The zero-order valence-electron chi connectivity index (χ0n) is 18.7. The Kier molecular flexibility index (Phi) is 5.94. The molecule has 0 bridgehead atoms. The van der Waals surface area contributed by atoms with E-state index in [-0.39, 0.29) is 23.9 Å². The number of carbonyl (C=O) groups excluding carboxylic acids is 1. The highest BCUT2D eigenvalue weighted by Gasteiger charge is 2.32. The van der Waals surface area contributed by atoms with E-state index in [1.54, 1.807) is 4.90 Å². The van der Waals surface area contributed by atoms with Gasteiger partial charge in [-0.15, -0.1) is 0 Å². The molecule has 0 saturated carbocycles. The van der Waals surface area contributed by atoms with E-state index >= 15 is 0 Å². The molecule has 3 aromatic rings. The summed E-state index contributed by atoms with van der Waals surface area (Å²) in [6.45, 7) is 2.80. The first-order valence-electron chi connectivity index (χ1n) is 11.4.